The third kappa shape index (κ3) is 7.39. The fraction of sp³-hybridized carbons (Fsp3) is 0.238. The first-order valence-electron chi connectivity index (χ1n) is 17.4. The molecule has 0 saturated carbocycles. The van der Waals surface area contributed by atoms with Crippen LogP contribution in [0.25, 0.3) is 27.8 Å². The molecular weight excluding hydrogens is 685 g/mol. The van der Waals surface area contributed by atoms with Gasteiger partial charge in [0.2, 0.25) is 0 Å². The number of carbonyl (C=O) groups excluding carboxylic acids is 4. The fourth-order valence-corrected chi connectivity index (χ4v) is 6.76. The number of nitrogens with zero attached hydrogens (tertiary/aromatic N) is 3. The van der Waals surface area contributed by atoms with Crippen LogP contribution in [0.5, 0.6) is 0 Å². The first kappa shape index (κ1) is 38.7. The van der Waals surface area contributed by atoms with Crippen molar-refractivity contribution in [3.63, 3.8) is 0 Å². The van der Waals surface area contributed by atoms with Gasteiger partial charge in [-0.2, -0.15) is 0 Å². The van der Waals surface area contributed by atoms with E-state index in [1.54, 1.807) is 63.4 Å². The second-order valence-electron chi connectivity index (χ2n) is 12.5. The maximum atomic E-state index is 13.4. The molecule has 0 saturated heterocycles. The molecule has 0 spiro atoms. The van der Waals surface area contributed by atoms with E-state index in [4.69, 9.17) is 23.9 Å². The van der Waals surface area contributed by atoms with Gasteiger partial charge in [-0.3, -0.25) is 4.99 Å². The zero-order valence-electron chi connectivity index (χ0n) is 31.6. The van der Waals surface area contributed by atoms with Gasteiger partial charge in [-0.1, -0.05) is 24.3 Å². The summed E-state index contributed by atoms with van der Waals surface area (Å²) in [5.74, 6) is 0.272. The van der Waals surface area contributed by atoms with E-state index in [1.165, 1.54) is 14.2 Å². The number of aromatic nitrogens is 1. The van der Waals surface area contributed by atoms with Crippen molar-refractivity contribution < 1.29 is 38.1 Å². The predicted octanol–water partition coefficient (Wildman–Crippen LogP) is 6.98. The summed E-state index contributed by atoms with van der Waals surface area (Å²) in [7, 11) is 2.55. The molecule has 2 heterocycles. The van der Waals surface area contributed by atoms with Crippen molar-refractivity contribution in [2.45, 2.75) is 41.5 Å². The van der Waals surface area contributed by atoms with Crippen molar-refractivity contribution in [2.75, 3.05) is 27.4 Å². The minimum Gasteiger partial charge on any atom is -0.465 e. The Morgan fingerprint density at radius 1 is 0.704 bits per heavy atom. The number of hydrogen-bond donors (Lipinski definition) is 0. The number of ether oxygens (including phenoxy) is 4. The van der Waals surface area contributed by atoms with Crippen LogP contribution >= 0.6 is 0 Å². The Kier molecular flexibility index (Phi) is 11.8. The minimum atomic E-state index is -0.522. The monoisotopic (exact) mass is 725 g/mol. The van der Waals surface area contributed by atoms with Crippen LogP contribution in [-0.4, -0.2) is 68.9 Å². The van der Waals surface area contributed by atoms with Gasteiger partial charge in [0.25, 0.3) is 0 Å². The predicted molar refractivity (Wildman–Crippen MR) is 206 cm³/mol. The molecule has 0 amide bonds. The Hall–Kier alpha value is -6.48. The smallest absolute Gasteiger partial charge is 0.364 e. The van der Waals surface area contributed by atoms with Gasteiger partial charge in [0.1, 0.15) is 0 Å². The van der Waals surface area contributed by atoms with Gasteiger partial charge in [0, 0.05) is 22.9 Å². The number of rotatable bonds is 11. The number of allylic oxidation sites excluding steroid dienone is 1. The fourth-order valence-electron chi connectivity index (χ4n) is 6.76. The second-order valence-corrected chi connectivity index (χ2v) is 12.5. The molecule has 1 aliphatic heterocycles. The van der Waals surface area contributed by atoms with E-state index in [0.29, 0.717) is 67.3 Å². The summed E-state index contributed by atoms with van der Waals surface area (Å²) in [4.78, 5) is 56.2. The van der Waals surface area contributed by atoms with E-state index >= 15 is 0 Å². The molecule has 0 unspecified atom stereocenters. The topological polar surface area (TPSA) is 146 Å². The van der Waals surface area contributed by atoms with E-state index < -0.39 is 23.9 Å². The lowest BCUT2D eigenvalue weighted by Crippen LogP contribution is -2.13. The lowest BCUT2D eigenvalue weighted by molar-refractivity contribution is -0.137. The van der Waals surface area contributed by atoms with E-state index in [9.17, 15) is 24.4 Å². The highest BCUT2D eigenvalue weighted by molar-refractivity contribution is 6.44. The number of hydrogen-bond acceptors (Lipinski definition) is 10. The highest BCUT2D eigenvalue weighted by Gasteiger charge is 2.33. The average Bonchev–Trinajstić information content (AvgIpc) is 3.60. The normalized spacial score (nSPS) is 13.1. The lowest BCUT2D eigenvalue weighted by atomic mass is 9.87. The molecule has 1 aromatic heterocycles. The summed E-state index contributed by atoms with van der Waals surface area (Å²) in [6.45, 7) is 10.9. The molecule has 0 fully saturated rings. The highest BCUT2D eigenvalue weighted by Crippen LogP contribution is 2.42. The van der Waals surface area contributed by atoms with Crippen molar-refractivity contribution in [1.82, 2.24) is 4.48 Å². The van der Waals surface area contributed by atoms with Crippen LogP contribution in [0.15, 0.2) is 88.6 Å². The van der Waals surface area contributed by atoms with Crippen molar-refractivity contribution in [2.24, 2.45) is 4.99 Å². The largest absolute Gasteiger partial charge is 0.465 e. The van der Waals surface area contributed by atoms with Gasteiger partial charge in [-0.15, -0.1) is 0 Å². The molecule has 0 bridgehead atoms. The maximum absolute atomic E-state index is 13.4. The van der Waals surface area contributed by atoms with Crippen molar-refractivity contribution in [1.29, 1.82) is 5.26 Å². The summed E-state index contributed by atoms with van der Waals surface area (Å²) in [5.41, 5.74) is 8.90. The second kappa shape index (κ2) is 16.5. The van der Waals surface area contributed by atoms with Crippen LogP contribution in [0.2, 0.25) is 0 Å². The number of benzene rings is 3. The molecule has 54 heavy (non-hydrogen) atoms. The Labute approximate surface area is 314 Å². The summed E-state index contributed by atoms with van der Waals surface area (Å²) in [5, 5.41) is 10.1. The number of carbonyl (C=O) groups is 4. The summed E-state index contributed by atoms with van der Waals surface area (Å²) >= 11 is 0. The van der Waals surface area contributed by atoms with E-state index in [1.807, 2.05) is 49.4 Å². The quantitative estimate of drug-likeness (QED) is 0.0908. The van der Waals surface area contributed by atoms with E-state index in [0.717, 1.165) is 22.3 Å². The number of aliphatic imine (C=N–C) groups is 1. The molecule has 0 N–H and O–H groups in total. The molecule has 274 valence electrons. The highest BCUT2D eigenvalue weighted by atomic mass is 16.5. The van der Waals surface area contributed by atoms with Crippen LogP contribution < -0.4 is 0 Å². The van der Waals surface area contributed by atoms with Gasteiger partial charge in [-0.05, 0) is 123 Å². The summed E-state index contributed by atoms with van der Waals surface area (Å²) in [6.07, 6.45) is 0. The lowest BCUT2D eigenvalue weighted by Gasteiger charge is -2.19. The van der Waals surface area contributed by atoms with Gasteiger partial charge in [-0.25, -0.2) is 24.4 Å². The number of nitriles is 1. The molecule has 0 aliphatic carbocycles. The Morgan fingerprint density at radius 2 is 1.20 bits per heavy atom. The molecule has 11 nitrogen and oxygen atoms in total. The molecule has 0 atom stereocenters. The summed E-state index contributed by atoms with van der Waals surface area (Å²) < 4.78 is 22.5. The molecule has 1 aliphatic rings. The molecule has 3 aromatic carbocycles. The van der Waals surface area contributed by atoms with Gasteiger partial charge in [0.15, 0.2) is 0 Å². The third-order valence-corrected chi connectivity index (χ3v) is 9.30. The SMILES string of the molecule is CCOC(=O)C1=C(C)/C(=C(\c2cc(-c3ccc(C(=O)OC)cc3)cc(-c3ccc(C(=O)OC)cc3)c2)c2c(C)c(C(=O)OCC)c(C)n2BC#N)N=C1C. The number of methoxy groups -OCH3 is 2. The molecule has 4 aromatic rings. The van der Waals surface area contributed by atoms with E-state index in [-0.39, 0.29) is 20.6 Å². The molecule has 5 rings (SSSR count). The van der Waals surface area contributed by atoms with E-state index in [2.05, 4.69) is 5.97 Å². The average molecular weight is 726 g/mol. The number of esters is 4. The Morgan fingerprint density at radius 3 is 1.67 bits per heavy atom. The van der Waals surface area contributed by atoms with Crippen LogP contribution in [0, 0.1) is 25.1 Å². The van der Waals surface area contributed by atoms with Crippen LogP contribution in [0.3, 0.4) is 0 Å². The Balaban J connectivity index is 1.92. The van der Waals surface area contributed by atoms with Gasteiger partial charge < -0.3 is 23.4 Å². The van der Waals surface area contributed by atoms with Crippen molar-refractivity contribution in [3.8, 4) is 28.2 Å². The zero-order valence-corrected chi connectivity index (χ0v) is 31.6. The van der Waals surface area contributed by atoms with Crippen LogP contribution in [0.1, 0.15) is 81.3 Å². The van der Waals surface area contributed by atoms with Crippen molar-refractivity contribution in [3.05, 3.63) is 123 Å². The zero-order chi connectivity index (χ0) is 39.3. The first-order chi connectivity index (χ1) is 25.9. The van der Waals surface area contributed by atoms with Crippen LogP contribution in [-0.2, 0) is 23.7 Å². The summed E-state index contributed by atoms with van der Waals surface area (Å²) in [6, 6.07) is 19.9. The molecule has 12 heteroatoms. The van der Waals surface area contributed by atoms with Gasteiger partial charge >= 0.3 is 31.3 Å². The first-order valence-corrected chi connectivity index (χ1v) is 17.4. The standard InChI is InChI=1S/C42H40BN3O8/c1-9-53-41(49)34-23(3)37(45-25(34)5)36(38-24(4)35(42(50)54-10-2)26(6)46(38)43-22-44)33-20-31(27-11-15-29(16-12-27)39(47)51-7)19-32(21-33)28-13-17-30(18-14-28)40(48)52-8/h11-21,43H,9-10H2,1-8H3/b37-36-. The minimum absolute atomic E-state index is 0.0923. The Bertz CT molecular complexity index is 2230. The maximum Gasteiger partial charge on any atom is 0.364 e. The molecular formula is C42H40BN3O8. The van der Waals surface area contributed by atoms with Crippen molar-refractivity contribution >= 4 is 42.6 Å². The third-order valence-electron chi connectivity index (χ3n) is 9.30. The van der Waals surface area contributed by atoms with Crippen LogP contribution in [0.4, 0.5) is 0 Å². The molecule has 0 radical (unpaired) electrons. The van der Waals surface area contributed by atoms with Gasteiger partial charge in [0.05, 0.1) is 61.1 Å².